The van der Waals surface area contributed by atoms with Crippen LogP contribution in [-0.4, -0.2) is 11.1 Å². The molecular formula is C14H23N3O2. The standard InChI is InChI=1S/C14H23N3O2/c1-8-11(5-15)9(2)13(7-17)10(12(8)6-16)3-4-14(18)19/h3-7,15-17H2,1-2H3,(H,18,19). The van der Waals surface area contributed by atoms with E-state index in [0.717, 1.165) is 33.4 Å². The van der Waals surface area contributed by atoms with Crippen LogP contribution in [0.5, 0.6) is 0 Å². The van der Waals surface area contributed by atoms with E-state index >= 15 is 0 Å². The van der Waals surface area contributed by atoms with E-state index in [0.29, 0.717) is 26.1 Å². The Kier molecular flexibility index (Phi) is 5.47. The lowest BCUT2D eigenvalue weighted by Gasteiger charge is -2.22. The number of hydrogen-bond donors (Lipinski definition) is 4. The maximum absolute atomic E-state index is 10.8. The Morgan fingerprint density at radius 2 is 1.32 bits per heavy atom. The Balaban J connectivity index is 3.44. The molecule has 5 heteroatoms. The van der Waals surface area contributed by atoms with Gasteiger partial charge in [-0.2, -0.15) is 0 Å². The molecule has 0 radical (unpaired) electrons. The zero-order valence-electron chi connectivity index (χ0n) is 11.6. The number of benzene rings is 1. The smallest absolute Gasteiger partial charge is 0.303 e. The number of carboxylic acid groups (broad SMARTS) is 1. The summed E-state index contributed by atoms with van der Waals surface area (Å²) in [5.41, 5.74) is 23.6. The summed E-state index contributed by atoms with van der Waals surface area (Å²) >= 11 is 0. The van der Waals surface area contributed by atoms with Crippen molar-refractivity contribution in [3.63, 3.8) is 0 Å². The first-order valence-electron chi connectivity index (χ1n) is 6.42. The summed E-state index contributed by atoms with van der Waals surface area (Å²) in [5, 5.41) is 8.86. The fourth-order valence-electron chi connectivity index (χ4n) is 2.67. The molecule has 0 bridgehead atoms. The van der Waals surface area contributed by atoms with Crippen LogP contribution in [0.4, 0.5) is 0 Å². The third-order valence-corrected chi connectivity index (χ3v) is 3.74. The molecule has 0 amide bonds. The van der Waals surface area contributed by atoms with E-state index in [1.807, 2.05) is 13.8 Å². The molecule has 1 aromatic carbocycles. The summed E-state index contributed by atoms with van der Waals surface area (Å²) in [6, 6.07) is 0. The van der Waals surface area contributed by atoms with Crippen molar-refractivity contribution in [3.05, 3.63) is 33.4 Å². The van der Waals surface area contributed by atoms with Gasteiger partial charge in [-0.25, -0.2) is 0 Å². The third-order valence-electron chi connectivity index (χ3n) is 3.74. The summed E-state index contributed by atoms with van der Waals surface area (Å²) in [7, 11) is 0. The van der Waals surface area contributed by atoms with Gasteiger partial charge in [-0.1, -0.05) is 0 Å². The van der Waals surface area contributed by atoms with E-state index in [4.69, 9.17) is 22.3 Å². The van der Waals surface area contributed by atoms with Crippen molar-refractivity contribution < 1.29 is 9.90 Å². The highest BCUT2D eigenvalue weighted by Crippen LogP contribution is 2.28. The van der Waals surface area contributed by atoms with Gasteiger partial charge in [0.05, 0.1) is 0 Å². The minimum atomic E-state index is -0.816. The minimum absolute atomic E-state index is 0.0842. The number of nitrogens with two attached hydrogens (primary N) is 3. The van der Waals surface area contributed by atoms with E-state index in [1.165, 1.54) is 0 Å². The van der Waals surface area contributed by atoms with Crippen molar-refractivity contribution >= 4 is 5.97 Å². The van der Waals surface area contributed by atoms with Gasteiger partial charge in [0, 0.05) is 26.1 Å². The first-order chi connectivity index (χ1) is 8.97. The van der Waals surface area contributed by atoms with Crippen molar-refractivity contribution in [1.29, 1.82) is 0 Å². The molecule has 0 saturated carbocycles. The van der Waals surface area contributed by atoms with Crippen LogP contribution in [0.3, 0.4) is 0 Å². The van der Waals surface area contributed by atoms with Gasteiger partial charge in [0.1, 0.15) is 0 Å². The highest BCUT2D eigenvalue weighted by molar-refractivity contribution is 5.67. The minimum Gasteiger partial charge on any atom is -0.481 e. The quantitative estimate of drug-likeness (QED) is 0.604. The molecule has 7 N–H and O–H groups in total. The van der Waals surface area contributed by atoms with E-state index in [2.05, 4.69) is 0 Å². The maximum Gasteiger partial charge on any atom is 0.303 e. The molecule has 1 aromatic rings. The average molecular weight is 265 g/mol. The molecule has 5 nitrogen and oxygen atoms in total. The van der Waals surface area contributed by atoms with Gasteiger partial charge in [-0.15, -0.1) is 0 Å². The zero-order valence-corrected chi connectivity index (χ0v) is 11.6. The van der Waals surface area contributed by atoms with E-state index in [1.54, 1.807) is 0 Å². The lowest BCUT2D eigenvalue weighted by molar-refractivity contribution is -0.136. The Morgan fingerprint density at radius 1 is 0.895 bits per heavy atom. The van der Waals surface area contributed by atoms with E-state index in [-0.39, 0.29) is 6.42 Å². The average Bonchev–Trinajstić information content (AvgIpc) is 2.36. The summed E-state index contributed by atoms with van der Waals surface area (Å²) in [6.07, 6.45) is 0.543. The van der Waals surface area contributed by atoms with Crippen LogP contribution < -0.4 is 17.2 Å². The summed E-state index contributed by atoms with van der Waals surface area (Å²) in [5.74, 6) is -0.816. The van der Waals surface area contributed by atoms with Crippen LogP contribution in [0.25, 0.3) is 0 Å². The Bertz CT molecular complexity index is 453. The Hall–Kier alpha value is -1.43. The van der Waals surface area contributed by atoms with Crippen LogP contribution in [0.2, 0.25) is 0 Å². The second-order valence-electron chi connectivity index (χ2n) is 4.67. The molecule has 0 heterocycles. The van der Waals surface area contributed by atoms with Crippen LogP contribution in [0.15, 0.2) is 0 Å². The summed E-state index contributed by atoms with van der Waals surface area (Å²) < 4.78 is 0. The lowest BCUT2D eigenvalue weighted by atomic mass is 9.85. The zero-order chi connectivity index (χ0) is 14.6. The lowest BCUT2D eigenvalue weighted by Crippen LogP contribution is -2.17. The molecule has 0 spiro atoms. The molecule has 106 valence electrons. The van der Waals surface area contributed by atoms with Crippen LogP contribution in [-0.2, 0) is 30.8 Å². The molecule has 0 aliphatic carbocycles. The monoisotopic (exact) mass is 265 g/mol. The number of hydrogen-bond acceptors (Lipinski definition) is 4. The third kappa shape index (κ3) is 3.12. The first-order valence-corrected chi connectivity index (χ1v) is 6.42. The molecule has 0 unspecified atom stereocenters. The van der Waals surface area contributed by atoms with Gasteiger partial charge >= 0.3 is 5.97 Å². The van der Waals surface area contributed by atoms with Crippen molar-refractivity contribution in [2.45, 2.75) is 46.3 Å². The number of rotatable bonds is 6. The molecule has 0 fully saturated rings. The normalized spacial score (nSPS) is 10.8. The van der Waals surface area contributed by atoms with Crippen LogP contribution in [0, 0.1) is 13.8 Å². The van der Waals surface area contributed by atoms with Crippen molar-refractivity contribution in [3.8, 4) is 0 Å². The highest BCUT2D eigenvalue weighted by Gasteiger charge is 2.17. The van der Waals surface area contributed by atoms with Crippen molar-refractivity contribution in [2.24, 2.45) is 17.2 Å². The van der Waals surface area contributed by atoms with Crippen LogP contribution >= 0.6 is 0 Å². The van der Waals surface area contributed by atoms with E-state index in [9.17, 15) is 4.79 Å². The largest absolute Gasteiger partial charge is 0.481 e. The van der Waals surface area contributed by atoms with Gasteiger partial charge in [0.2, 0.25) is 0 Å². The SMILES string of the molecule is Cc1c(CN)c(C)c(CN)c(CCC(=O)O)c1CN. The molecule has 0 saturated heterocycles. The molecule has 0 aliphatic rings. The van der Waals surface area contributed by atoms with Crippen molar-refractivity contribution in [1.82, 2.24) is 0 Å². The fourth-order valence-corrected chi connectivity index (χ4v) is 2.67. The van der Waals surface area contributed by atoms with Crippen LogP contribution in [0.1, 0.15) is 39.8 Å². The highest BCUT2D eigenvalue weighted by atomic mass is 16.4. The molecule has 0 aliphatic heterocycles. The predicted octanol–water partition coefficient (Wildman–Crippen LogP) is 0.697. The molecule has 1 rings (SSSR count). The van der Waals surface area contributed by atoms with E-state index < -0.39 is 5.97 Å². The topological polar surface area (TPSA) is 115 Å². The number of aliphatic carboxylic acids is 1. The molecule has 0 atom stereocenters. The summed E-state index contributed by atoms with van der Waals surface area (Å²) in [6.45, 7) is 5.17. The van der Waals surface area contributed by atoms with Gasteiger partial charge < -0.3 is 22.3 Å². The summed E-state index contributed by atoms with van der Waals surface area (Å²) in [4.78, 5) is 10.8. The van der Waals surface area contributed by atoms with Gasteiger partial charge in [-0.05, 0) is 53.6 Å². The second-order valence-corrected chi connectivity index (χ2v) is 4.67. The fraction of sp³-hybridized carbons (Fsp3) is 0.500. The predicted molar refractivity (Wildman–Crippen MR) is 75.5 cm³/mol. The number of carbonyl (C=O) groups is 1. The van der Waals surface area contributed by atoms with Gasteiger partial charge in [0.15, 0.2) is 0 Å². The van der Waals surface area contributed by atoms with Crippen molar-refractivity contribution in [2.75, 3.05) is 0 Å². The van der Waals surface area contributed by atoms with Gasteiger partial charge in [-0.3, -0.25) is 4.79 Å². The molecule has 19 heavy (non-hydrogen) atoms. The maximum atomic E-state index is 10.8. The second kappa shape index (κ2) is 6.65. The first kappa shape index (κ1) is 15.6. The Labute approximate surface area is 113 Å². The van der Waals surface area contributed by atoms with Gasteiger partial charge in [0.25, 0.3) is 0 Å². The molecule has 0 aromatic heterocycles. The Morgan fingerprint density at radius 3 is 1.63 bits per heavy atom. The molecular weight excluding hydrogens is 242 g/mol. The number of carboxylic acids is 1.